The molecule has 176 valence electrons. The Morgan fingerprint density at radius 2 is 1.94 bits per heavy atom. The molecule has 34 heavy (non-hydrogen) atoms. The molecule has 7 heteroatoms. The Bertz CT molecular complexity index is 1190. The molecule has 0 unspecified atom stereocenters. The lowest BCUT2D eigenvalue weighted by Gasteiger charge is -2.17. The summed E-state index contributed by atoms with van der Waals surface area (Å²) in [5.74, 6) is -0.0870. The fourth-order valence-electron chi connectivity index (χ4n) is 3.58. The van der Waals surface area contributed by atoms with Crippen LogP contribution in [-0.4, -0.2) is 47.1 Å². The number of hydrogen-bond acceptors (Lipinski definition) is 5. The van der Waals surface area contributed by atoms with Crippen LogP contribution in [0.25, 0.3) is 23.3 Å². The van der Waals surface area contributed by atoms with Crippen molar-refractivity contribution in [3.05, 3.63) is 83.2 Å². The number of methoxy groups -OCH3 is 1. The maximum absolute atomic E-state index is 13.2. The average Bonchev–Trinajstić information content (AvgIpc) is 2.85. The van der Waals surface area contributed by atoms with Crippen molar-refractivity contribution < 1.29 is 19.4 Å². The van der Waals surface area contributed by atoms with Gasteiger partial charge < -0.3 is 15.2 Å². The van der Waals surface area contributed by atoms with Crippen molar-refractivity contribution in [1.29, 1.82) is 0 Å². The maximum atomic E-state index is 13.2. The second-order valence-corrected chi connectivity index (χ2v) is 8.70. The summed E-state index contributed by atoms with van der Waals surface area (Å²) in [6, 6.07) is 14.2. The van der Waals surface area contributed by atoms with Crippen LogP contribution in [-0.2, 0) is 4.79 Å². The molecule has 1 aromatic heterocycles. The van der Waals surface area contributed by atoms with Gasteiger partial charge in [0.15, 0.2) is 0 Å². The number of aryl methyl sites for hydroxylation is 1. The van der Waals surface area contributed by atoms with Crippen LogP contribution in [0.4, 0.5) is 0 Å². The third-order valence-corrected chi connectivity index (χ3v) is 6.07. The van der Waals surface area contributed by atoms with Gasteiger partial charge in [0.2, 0.25) is 0 Å². The number of carboxylic acids is 1. The van der Waals surface area contributed by atoms with Crippen molar-refractivity contribution in [3.63, 3.8) is 0 Å². The second kappa shape index (κ2) is 12.0. The number of thioether (sulfide) groups is 1. The van der Waals surface area contributed by atoms with E-state index in [0.717, 1.165) is 27.8 Å². The summed E-state index contributed by atoms with van der Waals surface area (Å²) < 4.78 is 5.38. The Balaban J connectivity index is 2.00. The van der Waals surface area contributed by atoms with Gasteiger partial charge in [-0.15, -0.1) is 0 Å². The molecule has 2 aromatic carbocycles. The number of carbonyl (C=O) groups is 2. The number of aromatic nitrogens is 1. The molecule has 0 aliphatic heterocycles. The van der Waals surface area contributed by atoms with Crippen LogP contribution in [0.15, 0.2) is 60.9 Å². The zero-order valence-electron chi connectivity index (χ0n) is 19.4. The number of ether oxygens (including phenoxy) is 1. The topological polar surface area (TPSA) is 88.5 Å². The van der Waals surface area contributed by atoms with E-state index in [1.54, 1.807) is 43.4 Å². The third kappa shape index (κ3) is 6.26. The quantitative estimate of drug-likeness (QED) is 0.420. The van der Waals surface area contributed by atoms with Crippen molar-refractivity contribution in [2.75, 3.05) is 19.1 Å². The molecule has 1 atom stereocenters. The molecule has 0 saturated carbocycles. The maximum Gasteiger partial charge on any atom is 0.326 e. The molecule has 1 heterocycles. The van der Waals surface area contributed by atoms with Crippen molar-refractivity contribution in [2.45, 2.75) is 19.4 Å². The molecule has 6 nitrogen and oxygen atoms in total. The minimum Gasteiger partial charge on any atom is -0.496 e. The molecule has 0 fully saturated rings. The van der Waals surface area contributed by atoms with Crippen LogP contribution in [0.3, 0.4) is 0 Å². The molecule has 0 aliphatic carbocycles. The number of benzene rings is 2. The lowest BCUT2D eigenvalue weighted by Crippen LogP contribution is -2.41. The molecule has 3 aromatic rings. The summed E-state index contributed by atoms with van der Waals surface area (Å²) in [6.07, 6.45) is 9.50. The number of aliphatic carboxylic acids is 1. The first-order chi connectivity index (χ1) is 16.4. The van der Waals surface area contributed by atoms with E-state index in [9.17, 15) is 14.7 Å². The van der Waals surface area contributed by atoms with Gasteiger partial charge in [0.25, 0.3) is 5.91 Å². The Morgan fingerprint density at radius 3 is 2.65 bits per heavy atom. The lowest BCUT2D eigenvalue weighted by molar-refractivity contribution is -0.139. The van der Waals surface area contributed by atoms with E-state index >= 15 is 0 Å². The van der Waals surface area contributed by atoms with E-state index in [2.05, 4.69) is 10.3 Å². The van der Waals surface area contributed by atoms with Crippen molar-refractivity contribution in [3.8, 4) is 16.9 Å². The predicted molar refractivity (Wildman–Crippen MR) is 138 cm³/mol. The van der Waals surface area contributed by atoms with Crippen LogP contribution in [0.1, 0.15) is 33.5 Å². The summed E-state index contributed by atoms with van der Waals surface area (Å²) >= 11 is 1.54. The highest BCUT2D eigenvalue weighted by molar-refractivity contribution is 7.98. The van der Waals surface area contributed by atoms with E-state index in [4.69, 9.17) is 4.74 Å². The van der Waals surface area contributed by atoms with Gasteiger partial charge >= 0.3 is 5.97 Å². The van der Waals surface area contributed by atoms with Gasteiger partial charge in [0.1, 0.15) is 11.8 Å². The van der Waals surface area contributed by atoms with Gasteiger partial charge in [0, 0.05) is 23.5 Å². The number of amides is 1. The molecule has 1 amide bonds. The standard InChI is InChI=1S/C27H28N2O4S/c1-18-6-4-5-7-21(18)23-16-19(8-10-20-17-28-14-12-25(20)33-2)9-11-22(23)26(30)29-24(27(31)32)13-15-34-3/h4-12,14,16-17,24H,13,15H2,1-3H3,(H,29,30)(H,31,32)/b10-8+/t24-/m0/s1. The van der Waals surface area contributed by atoms with Crippen LogP contribution in [0.2, 0.25) is 0 Å². The molecule has 3 rings (SSSR count). The largest absolute Gasteiger partial charge is 0.496 e. The van der Waals surface area contributed by atoms with E-state index < -0.39 is 17.9 Å². The minimum atomic E-state index is -1.04. The number of pyridine rings is 1. The zero-order chi connectivity index (χ0) is 24.5. The van der Waals surface area contributed by atoms with Crippen LogP contribution >= 0.6 is 11.8 Å². The number of carboxylic acid groups (broad SMARTS) is 1. The zero-order valence-corrected chi connectivity index (χ0v) is 20.3. The Hall–Kier alpha value is -3.58. The fourth-order valence-corrected chi connectivity index (χ4v) is 4.05. The van der Waals surface area contributed by atoms with E-state index in [1.165, 1.54) is 0 Å². The van der Waals surface area contributed by atoms with Gasteiger partial charge in [-0.1, -0.05) is 36.4 Å². The smallest absolute Gasteiger partial charge is 0.326 e. The van der Waals surface area contributed by atoms with E-state index in [0.29, 0.717) is 23.5 Å². The Kier molecular flexibility index (Phi) is 8.87. The van der Waals surface area contributed by atoms with E-state index in [1.807, 2.05) is 61.7 Å². The first-order valence-electron chi connectivity index (χ1n) is 10.8. The lowest BCUT2D eigenvalue weighted by atomic mass is 9.93. The number of carbonyl (C=O) groups excluding carboxylic acids is 1. The molecular weight excluding hydrogens is 448 g/mol. The monoisotopic (exact) mass is 476 g/mol. The summed E-state index contributed by atoms with van der Waals surface area (Å²) in [4.78, 5) is 29.0. The first-order valence-corrected chi connectivity index (χ1v) is 12.2. The Morgan fingerprint density at radius 1 is 1.15 bits per heavy atom. The molecule has 0 bridgehead atoms. The second-order valence-electron chi connectivity index (χ2n) is 7.72. The minimum absolute atomic E-state index is 0.357. The summed E-state index contributed by atoms with van der Waals surface area (Å²) in [5.41, 5.74) is 4.83. The van der Waals surface area contributed by atoms with Crippen LogP contribution in [0, 0.1) is 6.92 Å². The fraction of sp³-hybridized carbons (Fsp3) is 0.222. The van der Waals surface area contributed by atoms with Gasteiger partial charge in [0.05, 0.1) is 7.11 Å². The highest BCUT2D eigenvalue weighted by Crippen LogP contribution is 2.29. The number of nitrogens with one attached hydrogen (secondary N) is 1. The summed E-state index contributed by atoms with van der Waals surface area (Å²) in [6.45, 7) is 1.98. The Labute approximate surface area is 204 Å². The van der Waals surface area contributed by atoms with Gasteiger partial charge in [-0.25, -0.2) is 4.79 Å². The summed E-state index contributed by atoms with van der Waals surface area (Å²) in [7, 11) is 1.61. The first kappa shape index (κ1) is 25.1. The number of nitrogens with zero attached hydrogens (tertiary/aromatic N) is 1. The molecule has 0 radical (unpaired) electrons. The van der Waals surface area contributed by atoms with Crippen molar-refractivity contribution >= 4 is 35.8 Å². The third-order valence-electron chi connectivity index (χ3n) is 5.42. The predicted octanol–water partition coefficient (Wildman–Crippen LogP) is 5.17. The molecular formula is C27H28N2O4S. The normalized spacial score (nSPS) is 11.9. The number of hydrogen-bond donors (Lipinski definition) is 2. The van der Waals surface area contributed by atoms with Gasteiger partial charge in [-0.2, -0.15) is 11.8 Å². The van der Waals surface area contributed by atoms with Crippen LogP contribution in [0.5, 0.6) is 5.75 Å². The molecule has 0 aliphatic rings. The molecule has 0 spiro atoms. The van der Waals surface area contributed by atoms with Gasteiger partial charge in [-0.3, -0.25) is 9.78 Å². The van der Waals surface area contributed by atoms with Crippen molar-refractivity contribution in [1.82, 2.24) is 10.3 Å². The SMILES string of the molecule is COc1ccncc1/C=C/c1ccc(C(=O)N[C@@H](CCSC)C(=O)O)c(-c2ccccc2C)c1. The summed E-state index contributed by atoms with van der Waals surface area (Å²) in [5, 5.41) is 12.2. The molecule has 0 saturated heterocycles. The van der Waals surface area contributed by atoms with Crippen molar-refractivity contribution in [2.24, 2.45) is 0 Å². The van der Waals surface area contributed by atoms with Crippen LogP contribution < -0.4 is 10.1 Å². The van der Waals surface area contributed by atoms with Gasteiger partial charge in [-0.05, 0) is 71.9 Å². The average molecular weight is 477 g/mol. The molecule has 2 N–H and O–H groups in total. The van der Waals surface area contributed by atoms with E-state index in [-0.39, 0.29) is 0 Å². The highest BCUT2D eigenvalue weighted by Gasteiger charge is 2.22. The number of rotatable bonds is 10. The highest BCUT2D eigenvalue weighted by atomic mass is 32.2.